The zero-order valence-corrected chi connectivity index (χ0v) is 15.4. The molecule has 4 rings (SSSR count). The van der Waals surface area contributed by atoms with E-state index in [0.29, 0.717) is 17.2 Å². The number of aryl methyl sites for hydroxylation is 1. The lowest BCUT2D eigenvalue weighted by molar-refractivity contribution is -0.116. The van der Waals surface area contributed by atoms with Gasteiger partial charge in [0.25, 0.3) is 5.91 Å². The van der Waals surface area contributed by atoms with Crippen LogP contribution in [0, 0.1) is 0 Å². The Hall–Kier alpha value is -2.44. The number of nitrogens with one attached hydrogen (secondary N) is 1. The van der Waals surface area contributed by atoms with Crippen molar-refractivity contribution in [1.29, 1.82) is 0 Å². The number of para-hydroxylation sites is 1. The molecule has 0 radical (unpaired) electrons. The lowest BCUT2D eigenvalue weighted by Gasteiger charge is -2.29. The van der Waals surface area contributed by atoms with Crippen molar-refractivity contribution in [1.82, 2.24) is 4.98 Å². The van der Waals surface area contributed by atoms with Crippen LogP contribution in [0.3, 0.4) is 0 Å². The Morgan fingerprint density at radius 3 is 2.88 bits per heavy atom. The molecule has 0 saturated carbocycles. The highest BCUT2D eigenvalue weighted by Crippen LogP contribution is 2.29. The van der Waals surface area contributed by atoms with E-state index in [9.17, 15) is 9.59 Å². The van der Waals surface area contributed by atoms with Crippen LogP contribution >= 0.6 is 22.9 Å². The van der Waals surface area contributed by atoms with Crippen LogP contribution in [-0.2, 0) is 11.2 Å². The summed E-state index contributed by atoms with van der Waals surface area (Å²) in [4.78, 5) is 30.7. The quantitative estimate of drug-likeness (QED) is 0.691. The first kappa shape index (κ1) is 17.0. The minimum atomic E-state index is -0.201. The zero-order valence-electron chi connectivity index (χ0n) is 13.9. The van der Waals surface area contributed by atoms with Gasteiger partial charge in [0.05, 0.1) is 10.2 Å². The van der Waals surface area contributed by atoms with Crippen LogP contribution in [-0.4, -0.2) is 29.2 Å². The summed E-state index contributed by atoms with van der Waals surface area (Å²) in [7, 11) is 0. The third-order valence-corrected chi connectivity index (χ3v) is 5.57. The molecule has 7 heteroatoms. The van der Waals surface area contributed by atoms with Gasteiger partial charge in [-0.3, -0.25) is 14.9 Å². The number of nitrogens with zero attached hydrogens (tertiary/aromatic N) is 2. The fourth-order valence-corrected chi connectivity index (χ4v) is 4.17. The summed E-state index contributed by atoms with van der Waals surface area (Å²) in [5.74, 6) is -0.355. The fourth-order valence-electron chi connectivity index (χ4n) is 3.16. The van der Waals surface area contributed by atoms with Crippen LogP contribution < -0.4 is 10.2 Å². The summed E-state index contributed by atoms with van der Waals surface area (Å²) in [5, 5.41) is 3.44. The number of amides is 2. The average molecular weight is 386 g/mol. The number of halogens is 1. The second-order valence-corrected chi connectivity index (χ2v) is 7.36. The monoisotopic (exact) mass is 385 g/mol. The van der Waals surface area contributed by atoms with Crippen LogP contribution in [0.15, 0.2) is 42.5 Å². The molecule has 0 spiro atoms. The topological polar surface area (TPSA) is 62.3 Å². The molecule has 1 aliphatic heterocycles. The Morgan fingerprint density at radius 2 is 2.08 bits per heavy atom. The number of rotatable bonds is 3. The van der Waals surface area contributed by atoms with Gasteiger partial charge in [-0.2, -0.15) is 0 Å². The Morgan fingerprint density at radius 1 is 1.23 bits per heavy atom. The maximum absolute atomic E-state index is 12.6. The highest BCUT2D eigenvalue weighted by atomic mass is 35.5. The first-order valence-electron chi connectivity index (χ1n) is 8.32. The van der Waals surface area contributed by atoms with Gasteiger partial charge >= 0.3 is 0 Å². The number of carbonyl (C=O) groups excluding carboxylic acids is 2. The molecule has 1 aliphatic rings. The van der Waals surface area contributed by atoms with Crippen LogP contribution in [0.5, 0.6) is 0 Å². The molecule has 0 aliphatic carbocycles. The van der Waals surface area contributed by atoms with Gasteiger partial charge < -0.3 is 4.90 Å². The molecule has 0 fully saturated rings. The summed E-state index contributed by atoms with van der Waals surface area (Å²) in [6.45, 7) is 0.663. The Balaban J connectivity index is 1.58. The minimum Gasteiger partial charge on any atom is -0.311 e. The van der Waals surface area contributed by atoms with Gasteiger partial charge in [-0.05, 0) is 48.7 Å². The van der Waals surface area contributed by atoms with E-state index in [0.717, 1.165) is 34.3 Å². The third-order valence-electron chi connectivity index (χ3n) is 4.39. The van der Waals surface area contributed by atoms with Crippen molar-refractivity contribution in [2.45, 2.75) is 12.8 Å². The number of carbonyl (C=O) groups is 2. The summed E-state index contributed by atoms with van der Waals surface area (Å²) in [6, 6.07) is 13.2. The third kappa shape index (κ3) is 3.18. The number of anilines is 2. The van der Waals surface area contributed by atoms with Crippen LogP contribution in [0.25, 0.3) is 10.2 Å². The maximum atomic E-state index is 12.6. The van der Waals surface area contributed by atoms with Gasteiger partial charge in [-0.15, -0.1) is 11.6 Å². The minimum absolute atomic E-state index is 0.0424. The number of benzene rings is 2. The molecule has 5 nitrogen and oxygen atoms in total. The Bertz CT molecular complexity index is 968. The second-order valence-electron chi connectivity index (χ2n) is 6.07. The molecule has 0 saturated heterocycles. The first-order valence-corrected chi connectivity index (χ1v) is 9.67. The van der Waals surface area contributed by atoms with Gasteiger partial charge in [0.2, 0.25) is 5.91 Å². The molecular weight excluding hydrogens is 370 g/mol. The van der Waals surface area contributed by atoms with E-state index in [-0.39, 0.29) is 17.7 Å². The lowest BCUT2D eigenvalue weighted by atomic mass is 9.99. The number of aromatic nitrogens is 1. The van der Waals surface area contributed by atoms with E-state index in [4.69, 9.17) is 11.6 Å². The standard InChI is InChI=1S/C19H16ClN3O2S/c20-11-17(24)23-9-3-4-12-10-13(7-8-15(12)23)18(25)22-19-21-14-5-1-2-6-16(14)26-19/h1-2,5-8,10H,3-4,9,11H2,(H,21,22,25). The van der Waals surface area contributed by atoms with Crippen molar-refractivity contribution in [3.63, 3.8) is 0 Å². The van der Waals surface area contributed by atoms with Crippen LogP contribution in [0.1, 0.15) is 22.3 Å². The number of hydrogen-bond donors (Lipinski definition) is 1. The van der Waals surface area contributed by atoms with Crippen molar-refractivity contribution < 1.29 is 9.59 Å². The van der Waals surface area contributed by atoms with E-state index in [1.54, 1.807) is 11.0 Å². The lowest BCUT2D eigenvalue weighted by Crippen LogP contribution is -2.36. The van der Waals surface area contributed by atoms with Crippen molar-refractivity contribution in [2.75, 3.05) is 22.6 Å². The highest BCUT2D eigenvalue weighted by molar-refractivity contribution is 7.22. The molecule has 0 atom stereocenters. The molecule has 1 N–H and O–H groups in total. The molecule has 0 bridgehead atoms. The van der Waals surface area contributed by atoms with E-state index in [1.165, 1.54) is 11.3 Å². The molecule has 26 heavy (non-hydrogen) atoms. The van der Waals surface area contributed by atoms with Gasteiger partial charge in [0, 0.05) is 17.8 Å². The van der Waals surface area contributed by atoms with Crippen molar-refractivity contribution in [3.8, 4) is 0 Å². The van der Waals surface area contributed by atoms with E-state index in [1.807, 2.05) is 36.4 Å². The Kier molecular flexibility index (Phi) is 4.61. The number of fused-ring (bicyclic) bond motifs is 2. The van der Waals surface area contributed by atoms with E-state index < -0.39 is 0 Å². The zero-order chi connectivity index (χ0) is 18.1. The fraction of sp³-hybridized carbons (Fsp3) is 0.211. The van der Waals surface area contributed by atoms with Crippen molar-refractivity contribution >= 4 is 55.8 Å². The summed E-state index contributed by atoms with van der Waals surface area (Å²) >= 11 is 7.14. The summed E-state index contributed by atoms with van der Waals surface area (Å²) in [6.07, 6.45) is 1.70. The van der Waals surface area contributed by atoms with Gasteiger partial charge in [-0.1, -0.05) is 23.5 Å². The summed E-state index contributed by atoms with van der Waals surface area (Å²) in [5.41, 5.74) is 3.27. The SMILES string of the molecule is O=C(Nc1nc2ccccc2s1)c1ccc2c(c1)CCCN2C(=O)CCl. The molecule has 0 unspecified atom stereocenters. The number of alkyl halides is 1. The van der Waals surface area contributed by atoms with Crippen LogP contribution in [0.2, 0.25) is 0 Å². The first-order chi connectivity index (χ1) is 12.7. The Labute approximate surface area is 159 Å². The second kappa shape index (κ2) is 7.05. The van der Waals surface area contributed by atoms with Crippen LogP contribution in [0.4, 0.5) is 10.8 Å². The maximum Gasteiger partial charge on any atom is 0.257 e. The summed E-state index contributed by atoms with van der Waals surface area (Å²) < 4.78 is 1.03. The molecule has 132 valence electrons. The largest absolute Gasteiger partial charge is 0.311 e. The molecular formula is C19H16ClN3O2S. The van der Waals surface area contributed by atoms with Crippen molar-refractivity contribution in [2.24, 2.45) is 0 Å². The normalized spacial score (nSPS) is 13.5. The molecule has 2 aromatic carbocycles. The van der Waals surface area contributed by atoms with E-state index in [2.05, 4.69) is 10.3 Å². The smallest absolute Gasteiger partial charge is 0.257 e. The van der Waals surface area contributed by atoms with Gasteiger partial charge in [0.1, 0.15) is 5.88 Å². The predicted octanol–water partition coefficient (Wildman–Crippen LogP) is 4.07. The van der Waals surface area contributed by atoms with Crippen molar-refractivity contribution in [3.05, 3.63) is 53.6 Å². The highest BCUT2D eigenvalue weighted by Gasteiger charge is 2.23. The number of thiazole rings is 1. The molecule has 2 heterocycles. The average Bonchev–Trinajstić information content (AvgIpc) is 3.08. The molecule has 3 aromatic rings. The molecule has 1 aromatic heterocycles. The predicted molar refractivity (Wildman–Crippen MR) is 105 cm³/mol. The number of hydrogen-bond acceptors (Lipinski definition) is 4. The molecule has 2 amide bonds. The van der Waals surface area contributed by atoms with E-state index >= 15 is 0 Å². The van der Waals surface area contributed by atoms with Gasteiger partial charge in [-0.25, -0.2) is 4.98 Å². The van der Waals surface area contributed by atoms with Gasteiger partial charge in [0.15, 0.2) is 5.13 Å².